The van der Waals surface area contributed by atoms with Crippen LogP contribution in [0.1, 0.15) is 22.5 Å². The van der Waals surface area contributed by atoms with E-state index in [0.717, 1.165) is 11.1 Å². The number of aromatic amines is 1. The fraction of sp³-hybridized carbons (Fsp3) is 0.167. The normalized spacial score (nSPS) is 11.1. The maximum Gasteiger partial charge on any atom is 0.311 e. The van der Waals surface area contributed by atoms with Gasteiger partial charge in [-0.1, -0.05) is 6.07 Å². The van der Waals surface area contributed by atoms with Crippen LogP contribution < -0.4 is 4.74 Å². The quantitative estimate of drug-likeness (QED) is 0.283. The van der Waals surface area contributed by atoms with E-state index < -0.39 is 16.4 Å². The van der Waals surface area contributed by atoms with Gasteiger partial charge in [-0.3, -0.25) is 10.1 Å². The zero-order valence-corrected chi connectivity index (χ0v) is 15.9. The summed E-state index contributed by atoms with van der Waals surface area (Å²) in [5.41, 5.74) is 2.19. The second kappa shape index (κ2) is 8.01. The van der Waals surface area contributed by atoms with Crippen molar-refractivity contribution in [2.75, 3.05) is 0 Å². The maximum atomic E-state index is 10.9. The molecule has 0 aliphatic carbocycles. The third-order valence-electron chi connectivity index (χ3n) is 3.80. The van der Waals surface area contributed by atoms with Crippen LogP contribution in [0.3, 0.4) is 0 Å². The van der Waals surface area contributed by atoms with Crippen molar-refractivity contribution in [2.45, 2.75) is 20.5 Å². The highest BCUT2D eigenvalue weighted by molar-refractivity contribution is 7.71. The van der Waals surface area contributed by atoms with E-state index in [2.05, 4.69) is 15.3 Å². The van der Waals surface area contributed by atoms with Gasteiger partial charge in [-0.05, 0) is 61.5 Å². The summed E-state index contributed by atoms with van der Waals surface area (Å²) in [7, 11) is 0. The van der Waals surface area contributed by atoms with Gasteiger partial charge in [-0.15, -0.1) is 0 Å². The Morgan fingerprint density at radius 1 is 1.32 bits per heavy atom. The summed E-state index contributed by atoms with van der Waals surface area (Å²) in [6, 6.07) is 9.83. The number of hydrogen-bond acceptors (Lipinski definition) is 7. The minimum Gasteiger partial charge on any atom is -0.502 e. The Morgan fingerprint density at radius 2 is 2.04 bits per heavy atom. The number of hydrogen-bond donors (Lipinski definition) is 2. The number of phenolic OH excluding ortho intramolecular Hbond substituents is 1. The predicted octanol–water partition coefficient (Wildman–Crippen LogP) is 3.63. The fourth-order valence-corrected chi connectivity index (χ4v) is 2.79. The summed E-state index contributed by atoms with van der Waals surface area (Å²) in [4.78, 5) is 10.3. The van der Waals surface area contributed by atoms with Crippen LogP contribution >= 0.6 is 12.2 Å². The van der Waals surface area contributed by atoms with Crippen molar-refractivity contribution in [2.24, 2.45) is 5.10 Å². The van der Waals surface area contributed by atoms with Gasteiger partial charge in [0.15, 0.2) is 11.6 Å². The molecule has 1 aromatic heterocycles. The van der Waals surface area contributed by atoms with Crippen LogP contribution in [0.2, 0.25) is 0 Å². The van der Waals surface area contributed by atoms with Gasteiger partial charge in [0.1, 0.15) is 12.4 Å². The molecule has 28 heavy (non-hydrogen) atoms. The van der Waals surface area contributed by atoms with E-state index in [1.807, 2.05) is 32.0 Å². The number of benzene rings is 2. The van der Waals surface area contributed by atoms with Gasteiger partial charge in [0.05, 0.1) is 11.1 Å². The minimum absolute atomic E-state index is 0.128. The second-order valence-corrected chi connectivity index (χ2v) is 6.51. The average Bonchev–Trinajstić information content (AvgIpc) is 2.98. The number of aromatic nitrogens is 3. The molecule has 2 N–H and O–H groups in total. The highest BCUT2D eigenvalue weighted by atomic mass is 32.1. The molecule has 0 spiro atoms. The first-order valence-corrected chi connectivity index (χ1v) is 8.63. The Bertz CT molecular complexity index is 1100. The second-order valence-electron chi connectivity index (χ2n) is 6.12. The molecule has 0 bridgehead atoms. The minimum atomic E-state index is -0.667. The first-order valence-electron chi connectivity index (χ1n) is 8.22. The number of nitro groups is 1. The summed E-state index contributed by atoms with van der Waals surface area (Å²) in [5, 5.41) is 31.4. The molecule has 0 saturated carbocycles. The largest absolute Gasteiger partial charge is 0.502 e. The number of phenols is 1. The third-order valence-corrected chi connectivity index (χ3v) is 4.06. The van der Waals surface area contributed by atoms with Crippen molar-refractivity contribution in [1.29, 1.82) is 0 Å². The van der Waals surface area contributed by atoms with E-state index in [1.54, 1.807) is 0 Å². The van der Waals surface area contributed by atoms with Crippen molar-refractivity contribution >= 4 is 24.1 Å². The van der Waals surface area contributed by atoms with Crippen LogP contribution in [0.4, 0.5) is 5.69 Å². The van der Waals surface area contributed by atoms with Crippen LogP contribution in [0.15, 0.2) is 41.5 Å². The van der Waals surface area contributed by atoms with E-state index in [1.165, 1.54) is 29.1 Å². The number of aromatic hydroxyl groups is 1. The van der Waals surface area contributed by atoms with Crippen LogP contribution in [0.5, 0.6) is 11.5 Å². The van der Waals surface area contributed by atoms with Gasteiger partial charge in [-0.2, -0.15) is 14.9 Å². The SMILES string of the molecule is Cc1cc(C)cc(OCc2n[nH]c(=S)n2/N=C\c2ccc(O)c([N+](=O)[O-])c2)c1. The Morgan fingerprint density at radius 3 is 2.71 bits per heavy atom. The molecule has 0 saturated heterocycles. The summed E-state index contributed by atoms with van der Waals surface area (Å²) in [6.45, 7) is 4.09. The average molecular weight is 399 g/mol. The monoisotopic (exact) mass is 399 g/mol. The first-order chi connectivity index (χ1) is 13.3. The molecule has 0 radical (unpaired) electrons. The molecule has 2 aromatic carbocycles. The topological polar surface area (TPSA) is 119 Å². The molecule has 1 heterocycles. The molecule has 0 aliphatic heterocycles. The van der Waals surface area contributed by atoms with Crippen LogP contribution in [-0.4, -0.2) is 31.1 Å². The molecule has 3 rings (SSSR count). The lowest BCUT2D eigenvalue weighted by Crippen LogP contribution is -2.04. The highest BCUT2D eigenvalue weighted by Gasteiger charge is 2.13. The lowest BCUT2D eigenvalue weighted by atomic mass is 10.1. The number of nitro benzene ring substituents is 1. The summed E-state index contributed by atoms with van der Waals surface area (Å²) in [5.74, 6) is 0.731. The summed E-state index contributed by atoms with van der Waals surface area (Å²) < 4.78 is 7.41. The highest BCUT2D eigenvalue weighted by Crippen LogP contribution is 2.25. The van der Waals surface area contributed by atoms with Gasteiger partial charge < -0.3 is 9.84 Å². The predicted molar refractivity (Wildman–Crippen MR) is 105 cm³/mol. The number of aryl methyl sites for hydroxylation is 2. The van der Waals surface area contributed by atoms with Gasteiger partial charge in [-0.25, -0.2) is 5.10 Å². The van der Waals surface area contributed by atoms with E-state index in [4.69, 9.17) is 17.0 Å². The fourth-order valence-electron chi connectivity index (χ4n) is 2.59. The molecule has 3 aromatic rings. The molecule has 10 heteroatoms. The lowest BCUT2D eigenvalue weighted by molar-refractivity contribution is -0.385. The van der Waals surface area contributed by atoms with Crippen LogP contribution in [0.25, 0.3) is 0 Å². The molecule has 0 amide bonds. The molecule has 0 fully saturated rings. The number of nitrogens with zero attached hydrogens (tertiary/aromatic N) is 4. The van der Waals surface area contributed by atoms with E-state index in [0.29, 0.717) is 17.1 Å². The van der Waals surface area contributed by atoms with E-state index in [-0.39, 0.29) is 11.4 Å². The standard InChI is InChI=1S/C18H17N5O4S/c1-11-5-12(2)7-14(6-11)27-10-17-20-21-18(28)22(17)19-9-13-3-4-16(24)15(8-13)23(25)26/h3-9,24H,10H2,1-2H3,(H,21,28)/b19-9-. The summed E-state index contributed by atoms with van der Waals surface area (Å²) in [6.07, 6.45) is 1.39. The molecule has 144 valence electrons. The first kappa shape index (κ1) is 19.2. The zero-order valence-electron chi connectivity index (χ0n) is 15.1. The van der Waals surface area contributed by atoms with Crippen molar-refractivity contribution < 1.29 is 14.8 Å². The van der Waals surface area contributed by atoms with Crippen molar-refractivity contribution in [1.82, 2.24) is 14.9 Å². The smallest absolute Gasteiger partial charge is 0.311 e. The van der Waals surface area contributed by atoms with Gasteiger partial charge in [0, 0.05) is 11.6 Å². The Balaban J connectivity index is 1.81. The zero-order chi connectivity index (χ0) is 20.3. The molecular formula is C18H17N5O4S. The van der Waals surface area contributed by atoms with E-state index in [9.17, 15) is 15.2 Å². The summed E-state index contributed by atoms with van der Waals surface area (Å²) >= 11 is 5.18. The van der Waals surface area contributed by atoms with E-state index >= 15 is 0 Å². The molecule has 0 aliphatic rings. The molecule has 9 nitrogen and oxygen atoms in total. The number of nitrogens with one attached hydrogen (secondary N) is 1. The van der Waals surface area contributed by atoms with Crippen molar-refractivity contribution in [3.63, 3.8) is 0 Å². The number of H-pyrrole nitrogens is 1. The van der Waals surface area contributed by atoms with Crippen LogP contribution in [-0.2, 0) is 6.61 Å². The van der Waals surface area contributed by atoms with Crippen molar-refractivity contribution in [3.05, 3.63) is 73.8 Å². The van der Waals surface area contributed by atoms with Gasteiger partial charge >= 0.3 is 5.69 Å². The Hall–Kier alpha value is -3.53. The van der Waals surface area contributed by atoms with Gasteiger partial charge in [0.2, 0.25) is 4.77 Å². The van der Waals surface area contributed by atoms with Crippen LogP contribution in [0, 0.1) is 28.7 Å². The third kappa shape index (κ3) is 4.41. The van der Waals surface area contributed by atoms with Crippen molar-refractivity contribution in [3.8, 4) is 11.5 Å². The molecule has 0 atom stereocenters. The lowest BCUT2D eigenvalue weighted by Gasteiger charge is -2.07. The maximum absolute atomic E-state index is 10.9. The number of ether oxygens (including phenoxy) is 1. The Kier molecular flexibility index (Phi) is 5.50. The molecular weight excluding hydrogens is 382 g/mol. The number of rotatable bonds is 6. The Labute approximate surface area is 165 Å². The van der Waals surface area contributed by atoms with Gasteiger partial charge in [0.25, 0.3) is 0 Å². The molecule has 0 unspecified atom stereocenters.